The van der Waals surface area contributed by atoms with Gasteiger partial charge in [0.25, 0.3) is 5.91 Å². The second-order valence-corrected chi connectivity index (χ2v) is 7.56. The van der Waals surface area contributed by atoms with Crippen molar-refractivity contribution in [2.45, 2.75) is 20.3 Å². The molecule has 6 nitrogen and oxygen atoms in total. The molecule has 0 aliphatic heterocycles. The molecule has 0 bridgehead atoms. The smallest absolute Gasteiger partial charge is 0.341 e. The third kappa shape index (κ3) is 4.72. The number of amides is 1. The topological polar surface area (TPSA) is 80.3 Å². The Kier molecular flexibility index (Phi) is 6.20. The summed E-state index contributed by atoms with van der Waals surface area (Å²) in [7, 11) is 0. The number of thiophene rings is 1. The molecule has 0 spiro atoms. The molecule has 0 radical (unpaired) electrons. The van der Waals surface area contributed by atoms with E-state index in [1.807, 2.05) is 18.4 Å². The maximum atomic E-state index is 12.7. The second-order valence-electron chi connectivity index (χ2n) is 5.53. The van der Waals surface area contributed by atoms with Crippen molar-refractivity contribution >= 4 is 50.4 Å². The number of benzene rings is 1. The van der Waals surface area contributed by atoms with Crippen molar-refractivity contribution in [3.8, 4) is 0 Å². The summed E-state index contributed by atoms with van der Waals surface area (Å²) in [5.41, 5.74) is 1.64. The number of anilines is 3. The zero-order valence-electron chi connectivity index (χ0n) is 14.9. The molecule has 2 N–H and O–H groups in total. The molecule has 0 aliphatic carbocycles. The van der Waals surface area contributed by atoms with Crippen LogP contribution in [0.15, 0.2) is 41.9 Å². The maximum absolute atomic E-state index is 12.7. The molecule has 2 heterocycles. The number of aromatic nitrogens is 1. The van der Waals surface area contributed by atoms with Crippen LogP contribution in [0.5, 0.6) is 0 Å². The average molecular weight is 402 g/mol. The van der Waals surface area contributed by atoms with Crippen molar-refractivity contribution in [3.63, 3.8) is 0 Å². The highest BCUT2D eigenvalue weighted by Gasteiger charge is 2.19. The molecule has 8 heteroatoms. The molecule has 0 fully saturated rings. The van der Waals surface area contributed by atoms with Crippen LogP contribution in [0.25, 0.3) is 0 Å². The monoisotopic (exact) mass is 401 g/mol. The van der Waals surface area contributed by atoms with E-state index in [0.717, 1.165) is 22.1 Å². The molecular weight excluding hydrogens is 382 g/mol. The Hall–Kier alpha value is -2.71. The highest BCUT2D eigenvalue weighted by atomic mass is 32.1. The molecule has 0 saturated heterocycles. The van der Waals surface area contributed by atoms with Gasteiger partial charge in [0, 0.05) is 27.7 Å². The molecule has 0 saturated carbocycles. The summed E-state index contributed by atoms with van der Waals surface area (Å²) in [5, 5.41) is 9.14. The summed E-state index contributed by atoms with van der Waals surface area (Å²) >= 11 is 2.87. The van der Waals surface area contributed by atoms with E-state index in [9.17, 15) is 9.59 Å². The van der Waals surface area contributed by atoms with E-state index in [1.165, 1.54) is 22.7 Å². The Morgan fingerprint density at radius 3 is 2.78 bits per heavy atom. The van der Waals surface area contributed by atoms with Gasteiger partial charge in [-0.2, -0.15) is 0 Å². The van der Waals surface area contributed by atoms with Crippen LogP contribution in [0.2, 0.25) is 0 Å². The number of ether oxygens (including phenoxy) is 1. The predicted octanol–water partition coefficient (Wildman–Crippen LogP) is 4.94. The number of esters is 1. The lowest BCUT2D eigenvalue weighted by molar-refractivity contribution is 0.0528. The molecule has 1 amide bonds. The van der Waals surface area contributed by atoms with Crippen LogP contribution in [0.1, 0.15) is 39.4 Å². The number of nitrogens with one attached hydrogen (secondary N) is 2. The van der Waals surface area contributed by atoms with Gasteiger partial charge >= 0.3 is 5.97 Å². The van der Waals surface area contributed by atoms with Crippen molar-refractivity contribution in [1.29, 1.82) is 0 Å². The van der Waals surface area contributed by atoms with Gasteiger partial charge in [-0.3, -0.25) is 4.79 Å². The molecular formula is C19H19N3O3S2. The Balaban J connectivity index is 1.79. The molecule has 3 aromatic rings. The molecule has 1 aromatic carbocycles. The lowest BCUT2D eigenvalue weighted by Gasteiger charge is -2.08. The average Bonchev–Trinajstić information content (AvgIpc) is 3.32. The Morgan fingerprint density at radius 2 is 2.07 bits per heavy atom. The number of rotatable bonds is 7. The minimum absolute atomic E-state index is 0.284. The first-order valence-corrected chi connectivity index (χ1v) is 10.2. The molecule has 27 heavy (non-hydrogen) atoms. The number of aryl methyl sites for hydroxylation is 1. The van der Waals surface area contributed by atoms with E-state index in [1.54, 1.807) is 37.4 Å². The molecule has 3 rings (SSSR count). The van der Waals surface area contributed by atoms with E-state index < -0.39 is 5.97 Å². The van der Waals surface area contributed by atoms with Gasteiger partial charge in [0.15, 0.2) is 5.13 Å². The summed E-state index contributed by atoms with van der Waals surface area (Å²) < 4.78 is 5.09. The lowest BCUT2D eigenvalue weighted by Crippen LogP contribution is -2.14. The highest BCUT2D eigenvalue weighted by Crippen LogP contribution is 2.30. The fourth-order valence-corrected chi connectivity index (χ4v) is 3.92. The summed E-state index contributed by atoms with van der Waals surface area (Å²) in [6.07, 6.45) is 2.49. The Labute approximate surface area is 165 Å². The van der Waals surface area contributed by atoms with E-state index in [0.29, 0.717) is 16.1 Å². The summed E-state index contributed by atoms with van der Waals surface area (Å²) in [6.45, 7) is 4.04. The number of carbonyl (C=O) groups excluding carboxylic acids is 2. The van der Waals surface area contributed by atoms with Crippen LogP contribution >= 0.6 is 22.7 Å². The van der Waals surface area contributed by atoms with Crippen molar-refractivity contribution in [2.24, 2.45) is 0 Å². The van der Waals surface area contributed by atoms with Crippen LogP contribution in [-0.4, -0.2) is 23.5 Å². The molecule has 140 valence electrons. The standard InChI is InChI=1S/C19H19N3O3S2/c1-3-14-11-15(18(24)25-4-2)17(27-14)22-16(23)12-6-5-7-13(10-12)21-19-20-8-9-26-19/h5-11H,3-4H2,1-2H3,(H,20,21)(H,22,23). The first-order chi connectivity index (χ1) is 13.1. The van der Waals surface area contributed by atoms with Crippen molar-refractivity contribution in [2.75, 3.05) is 17.2 Å². The minimum Gasteiger partial charge on any atom is -0.462 e. The fourth-order valence-electron chi connectivity index (χ4n) is 2.39. The lowest BCUT2D eigenvalue weighted by atomic mass is 10.2. The van der Waals surface area contributed by atoms with Gasteiger partial charge in [0.05, 0.1) is 12.2 Å². The fraction of sp³-hybridized carbons (Fsp3) is 0.211. The summed E-state index contributed by atoms with van der Waals surface area (Å²) in [5.74, 6) is -0.712. The van der Waals surface area contributed by atoms with Crippen LogP contribution < -0.4 is 10.6 Å². The van der Waals surface area contributed by atoms with Gasteiger partial charge in [-0.15, -0.1) is 22.7 Å². The van der Waals surface area contributed by atoms with Gasteiger partial charge < -0.3 is 15.4 Å². The first kappa shape index (κ1) is 19.1. The third-order valence-electron chi connectivity index (χ3n) is 3.66. The SMILES string of the molecule is CCOC(=O)c1cc(CC)sc1NC(=O)c1cccc(Nc2nccs2)c1. The zero-order chi connectivity index (χ0) is 19.2. The maximum Gasteiger partial charge on any atom is 0.341 e. The molecule has 0 aliphatic rings. The van der Waals surface area contributed by atoms with Gasteiger partial charge in [-0.1, -0.05) is 13.0 Å². The zero-order valence-corrected chi connectivity index (χ0v) is 16.6. The van der Waals surface area contributed by atoms with Crippen LogP contribution in [0.3, 0.4) is 0 Å². The second kappa shape index (κ2) is 8.79. The predicted molar refractivity (Wildman–Crippen MR) is 109 cm³/mol. The van der Waals surface area contributed by atoms with Crippen LogP contribution in [0.4, 0.5) is 15.8 Å². The van der Waals surface area contributed by atoms with E-state index in [2.05, 4.69) is 15.6 Å². The van der Waals surface area contributed by atoms with Gasteiger partial charge in [0.2, 0.25) is 0 Å². The van der Waals surface area contributed by atoms with Crippen molar-refractivity contribution < 1.29 is 14.3 Å². The number of hydrogen-bond donors (Lipinski definition) is 2. The normalized spacial score (nSPS) is 10.4. The van der Waals surface area contributed by atoms with Gasteiger partial charge in [-0.25, -0.2) is 9.78 Å². The number of hydrogen-bond acceptors (Lipinski definition) is 7. The van der Waals surface area contributed by atoms with Gasteiger partial charge in [-0.05, 0) is 37.6 Å². The van der Waals surface area contributed by atoms with E-state index >= 15 is 0 Å². The first-order valence-electron chi connectivity index (χ1n) is 8.48. The molecule has 2 aromatic heterocycles. The van der Waals surface area contributed by atoms with Crippen molar-refractivity contribution in [1.82, 2.24) is 4.98 Å². The molecule has 0 atom stereocenters. The van der Waals surface area contributed by atoms with E-state index in [-0.39, 0.29) is 12.5 Å². The Bertz CT molecular complexity index is 936. The minimum atomic E-state index is -0.428. The van der Waals surface area contributed by atoms with Crippen molar-refractivity contribution in [3.05, 3.63) is 57.9 Å². The van der Waals surface area contributed by atoms with Crippen LogP contribution in [0, 0.1) is 0 Å². The number of nitrogens with zero attached hydrogens (tertiary/aromatic N) is 1. The largest absolute Gasteiger partial charge is 0.462 e. The quantitative estimate of drug-likeness (QED) is 0.548. The van der Waals surface area contributed by atoms with Crippen LogP contribution in [-0.2, 0) is 11.2 Å². The third-order valence-corrected chi connectivity index (χ3v) is 5.55. The summed E-state index contributed by atoms with van der Waals surface area (Å²) in [6, 6.07) is 8.90. The van der Waals surface area contributed by atoms with E-state index in [4.69, 9.17) is 4.74 Å². The number of carbonyl (C=O) groups is 2. The molecule has 0 unspecified atom stereocenters. The van der Waals surface area contributed by atoms with Gasteiger partial charge in [0.1, 0.15) is 5.00 Å². The summed E-state index contributed by atoms with van der Waals surface area (Å²) in [4.78, 5) is 30.0. The highest BCUT2D eigenvalue weighted by molar-refractivity contribution is 7.16. The number of thiazole rings is 1. The Morgan fingerprint density at radius 1 is 1.22 bits per heavy atom.